The van der Waals surface area contributed by atoms with Crippen LogP contribution < -0.4 is 5.32 Å². The molecule has 5 heteroatoms. The van der Waals surface area contributed by atoms with Gasteiger partial charge in [0.05, 0.1) is 18.4 Å². The van der Waals surface area contributed by atoms with E-state index in [1.807, 2.05) is 6.92 Å². The van der Waals surface area contributed by atoms with Gasteiger partial charge in [-0.15, -0.1) is 11.8 Å². The van der Waals surface area contributed by atoms with Crippen LogP contribution in [-0.2, 0) is 10.5 Å². The lowest BCUT2D eigenvalue weighted by Gasteiger charge is -2.13. The minimum atomic E-state index is -0.254. The highest BCUT2D eigenvalue weighted by atomic mass is 32.2. The molecule has 0 saturated carbocycles. The van der Waals surface area contributed by atoms with E-state index in [1.165, 1.54) is 23.9 Å². The number of carbonyl (C=O) groups is 1. The highest BCUT2D eigenvalue weighted by Crippen LogP contribution is 2.12. The Hall–Kier alpha value is -1.07. The van der Waals surface area contributed by atoms with Gasteiger partial charge in [0.2, 0.25) is 5.91 Å². The smallest absolute Gasteiger partial charge is 0.230 e. The highest BCUT2D eigenvalue weighted by Gasteiger charge is 2.08. The van der Waals surface area contributed by atoms with Gasteiger partial charge in [0.15, 0.2) is 0 Å². The summed E-state index contributed by atoms with van der Waals surface area (Å²) >= 11 is 1.47. The number of amides is 1. The number of thioether (sulfide) groups is 1. The number of hydrogen-bond donors (Lipinski definition) is 2. The van der Waals surface area contributed by atoms with Gasteiger partial charge in [-0.25, -0.2) is 4.39 Å². The zero-order valence-corrected chi connectivity index (χ0v) is 11.2. The molecule has 0 aliphatic heterocycles. The number of rotatable bonds is 7. The monoisotopic (exact) mass is 271 g/mol. The average molecular weight is 271 g/mol. The van der Waals surface area contributed by atoms with Gasteiger partial charge in [-0.3, -0.25) is 4.79 Å². The molecular weight excluding hydrogens is 253 g/mol. The van der Waals surface area contributed by atoms with Crippen molar-refractivity contribution in [2.24, 2.45) is 0 Å². The maximum Gasteiger partial charge on any atom is 0.230 e. The van der Waals surface area contributed by atoms with Crippen molar-refractivity contribution in [3.8, 4) is 0 Å². The average Bonchev–Trinajstić information content (AvgIpc) is 2.38. The van der Waals surface area contributed by atoms with Gasteiger partial charge in [0.25, 0.3) is 0 Å². The van der Waals surface area contributed by atoms with Gasteiger partial charge in [-0.1, -0.05) is 19.1 Å². The van der Waals surface area contributed by atoms with E-state index in [0.717, 1.165) is 5.56 Å². The Bertz CT molecular complexity index is 366. The Labute approximate surface area is 111 Å². The van der Waals surface area contributed by atoms with Crippen LogP contribution in [0.5, 0.6) is 0 Å². The molecule has 0 bridgehead atoms. The fourth-order valence-corrected chi connectivity index (χ4v) is 2.19. The number of halogens is 1. The summed E-state index contributed by atoms with van der Waals surface area (Å²) in [4.78, 5) is 11.5. The zero-order chi connectivity index (χ0) is 13.4. The number of nitrogens with one attached hydrogen (secondary N) is 1. The molecule has 1 aromatic rings. The first-order valence-corrected chi connectivity index (χ1v) is 7.03. The van der Waals surface area contributed by atoms with Gasteiger partial charge in [-0.05, 0) is 24.1 Å². The van der Waals surface area contributed by atoms with Gasteiger partial charge >= 0.3 is 0 Å². The van der Waals surface area contributed by atoms with Crippen LogP contribution in [0.4, 0.5) is 4.39 Å². The molecule has 1 aromatic carbocycles. The lowest BCUT2D eigenvalue weighted by atomic mass is 10.2. The van der Waals surface area contributed by atoms with E-state index < -0.39 is 0 Å². The molecular formula is C13H18FNO2S. The second-order valence-electron chi connectivity index (χ2n) is 3.97. The lowest BCUT2D eigenvalue weighted by molar-refractivity contribution is -0.119. The Morgan fingerprint density at radius 3 is 2.67 bits per heavy atom. The largest absolute Gasteiger partial charge is 0.394 e. The van der Waals surface area contributed by atoms with Crippen molar-refractivity contribution in [1.82, 2.24) is 5.32 Å². The van der Waals surface area contributed by atoms with Gasteiger partial charge in [0, 0.05) is 5.75 Å². The zero-order valence-electron chi connectivity index (χ0n) is 10.4. The first-order valence-electron chi connectivity index (χ1n) is 5.88. The van der Waals surface area contributed by atoms with E-state index in [0.29, 0.717) is 17.9 Å². The van der Waals surface area contributed by atoms with E-state index in [4.69, 9.17) is 5.11 Å². The van der Waals surface area contributed by atoms with Crippen LogP contribution in [0.3, 0.4) is 0 Å². The first kappa shape index (κ1) is 15.0. The van der Waals surface area contributed by atoms with Crippen LogP contribution >= 0.6 is 11.8 Å². The summed E-state index contributed by atoms with van der Waals surface area (Å²) in [5, 5.41) is 11.7. The molecule has 0 radical (unpaired) electrons. The lowest BCUT2D eigenvalue weighted by Crippen LogP contribution is -2.37. The molecule has 2 N–H and O–H groups in total. The van der Waals surface area contributed by atoms with Crippen LogP contribution in [0.1, 0.15) is 18.9 Å². The third-order valence-corrected chi connectivity index (χ3v) is 3.50. The van der Waals surface area contributed by atoms with Crippen molar-refractivity contribution < 1.29 is 14.3 Å². The van der Waals surface area contributed by atoms with Gasteiger partial charge < -0.3 is 10.4 Å². The highest BCUT2D eigenvalue weighted by molar-refractivity contribution is 7.99. The van der Waals surface area contributed by atoms with Crippen LogP contribution in [0.15, 0.2) is 24.3 Å². The summed E-state index contributed by atoms with van der Waals surface area (Å²) < 4.78 is 12.7. The SMILES string of the molecule is CC[C@@H](CO)NC(=O)CSCc1ccc(F)cc1. The maximum absolute atomic E-state index is 12.7. The third-order valence-electron chi connectivity index (χ3n) is 2.49. The Morgan fingerprint density at radius 2 is 2.11 bits per heavy atom. The summed E-state index contributed by atoms with van der Waals surface area (Å²) in [6, 6.07) is 6.08. The molecule has 0 spiro atoms. The maximum atomic E-state index is 12.7. The van der Waals surface area contributed by atoms with E-state index in [2.05, 4.69) is 5.32 Å². The fraction of sp³-hybridized carbons (Fsp3) is 0.462. The van der Waals surface area contributed by atoms with Crippen molar-refractivity contribution in [3.63, 3.8) is 0 Å². The van der Waals surface area contributed by atoms with Crippen LogP contribution in [0.2, 0.25) is 0 Å². The Balaban J connectivity index is 2.25. The minimum Gasteiger partial charge on any atom is -0.394 e. The molecule has 18 heavy (non-hydrogen) atoms. The minimum absolute atomic E-state index is 0.0368. The molecule has 0 heterocycles. The molecule has 0 unspecified atom stereocenters. The molecule has 100 valence electrons. The quantitative estimate of drug-likeness (QED) is 0.797. The summed E-state index contributed by atoms with van der Waals surface area (Å²) in [5.41, 5.74) is 0.989. The summed E-state index contributed by atoms with van der Waals surface area (Å²) in [6.45, 7) is 1.87. The molecule has 1 rings (SSSR count). The molecule has 1 amide bonds. The van der Waals surface area contributed by atoms with Crippen molar-refractivity contribution in [2.45, 2.75) is 25.1 Å². The molecule has 0 saturated heterocycles. The number of hydrogen-bond acceptors (Lipinski definition) is 3. The van der Waals surface area contributed by atoms with Crippen LogP contribution in [-0.4, -0.2) is 29.4 Å². The molecule has 3 nitrogen and oxygen atoms in total. The standard InChI is InChI=1S/C13H18FNO2S/c1-2-12(7-16)15-13(17)9-18-8-10-3-5-11(14)6-4-10/h3-6,12,16H,2,7-9H2,1H3,(H,15,17)/t12-/m0/s1. The number of aliphatic hydroxyl groups excluding tert-OH is 1. The normalized spacial score (nSPS) is 12.2. The predicted molar refractivity (Wildman–Crippen MR) is 71.9 cm³/mol. The predicted octanol–water partition coefficient (Wildman–Crippen LogP) is 1.95. The molecule has 0 aliphatic carbocycles. The fourth-order valence-electron chi connectivity index (χ4n) is 1.39. The number of carbonyl (C=O) groups excluding carboxylic acids is 1. The van der Waals surface area contributed by atoms with Crippen molar-refractivity contribution >= 4 is 17.7 Å². The Morgan fingerprint density at radius 1 is 1.44 bits per heavy atom. The summed E-state index contributed by atoms with van der Waals surface area (Å²) in [5.74, 6) is 0.676. The first-order chi connectivity index (χ1) is 8.65. The van der Waals surface area contributed by atoms with E-state index in [1.54, 1.807) is 12.1 Å². The van der Waals surface area contributed by atoms with E-state index in [-0.39, 0.29) is 24.4 Å². The molecule has 0 aliphatic rings. The van der Waals surface area contributed by atoms with Crippen molar-refractivity contribution in [3.05, 3.63) is 35.6 Å². The molecule has 0 fully saturated rings. The van der Waals surface area contributed by atoms with Crippen molar-refractivity contribution in [1.29, 1.82) is 0 Å². The van der Waals surface area contributed by atoms with Gasteiger partial charge in [-0.2, -0.15) is 0 Å². The van der Waals surface area contributed by atoms with Crippen LogP contribution in [0, 0.1) is 5.82 Å². The molecule has 1 atom stereocenters. The number of aliphatic hydroxyl groups is 1. The van der Waals surface area contributed by atoms with Crippen molar-refractivity contribution in [2.75, 3.05) is 12.4 Å². The van der Waals surface area contributed by atoms with E-state index in [9.17, 15) is 9.18 Å². The summed E-state index contributed by atoms with van der Waals surface area (Å²) in [7, 11) is 0. The van der Waals surface area contributed by atoms with Gasteiger partial charge in [0.1, 0.15) is 5.82 Å². The number of benzene rings is 1. The third kappa shape index (κ3) is 5.51. The van der Waals surface area contributed by atoms with Crippen LogP contribution in [0.25, 0.3) is 0 Å². The van der Waals surface area contributed by atoms with E-state index >= 15 is 0 Å². The second kappa shape index (κ2) is 8.11. The topological polar surface area (TPSA) is 49.3 Å². The Kier molecular flexibility index (Phi) is 6.75. The summed E-state index contributed by atoms with van der Waals surface area (Å²) in [6.07, 6.45) is 0.713. The second-order valence-corrected chi connectivity index (χ2v) is 4.96. The molecule has 0 aromatic heterocycles.